The van der Waals surface area contributed by atoms with Crippen LogP contribution in [0, 0.1) is 5.82 Å². The van der Waals surface area contributed by atoms with Crippen molar-refractivity contribution in [3.63, 3.8) is 0 Å². The highest BCUT2D eigenvalue weighted by Gasteiger charge is 2.27. The van der Waals surface area contributed by atoms with Gasteiger partial charge in [-0.25, -0.2) is 19.2 Å². The Balaban J connectivity index is 1.92. The lowest BCUT2D eigenvalue weighted by molar-refractivity contribution is 0.185. The highest BCUT2D eigenvalue weighted by atomic mass is 19.1. The number of carbonyl (C=O) groups is 1. The Kier molecular flexibility index (Phi) is 7.92. The number of benzene rings is 1. The molecule has 2 aromatic rings. The van der Waals surface area contributed by atoms with Gasteiger partial charge >= 0.3 is 6.03 Å². The molecular formula is C26H38FN5O. The van der Waals surface area contributed by atoms with E-state index in [-0.39, 0.29) is 23.3 Å². The highest BCUT2D eigenvalue weighted by molar-refractivity contribution is 5.75. The van der Waals surface area contributed by atoms with Crippen molar-refractivity contribution in [3.05, 3.63) is 52.7 Å². The zero-order valence-corrected chi connectivity index (χ0v) is 20.9. The number of urea groups is 1. The predicted molar refractivity (Wildman–Crippen MR) is 131 cm³/mol. The van der Waals surface area contributed by atoms with E-state index in [0.717, 1.165) is 35.7 Å². The Labute approximate surface area is 197 Å². The second-order valence-electron chi connectivity index (χ2n) is 9.92. The topological polar surface area (TPSA) is 61.4 Å². The van der Waals surface area contributed by atoms with Crippen LogP contribution in [0.25, 0.3) is 0 Å². The van der Waals surface area contributed by atoms with Gasteiger partial charge in [0.1, 0.15) is 17.5 Å². The molecule has 0 spiro atoms. The highest BCUT2D eigenvalue weighted by Crippen LogP contribution is 2.29. The van der Waals surface area contributed by atoms with Crippen LogP contribution >= 0.6 is 0 Å². The first kappa shape index (κ1) is 24.9. The maximum absolute atomic E-state index is 14.5. The maximum Gasteiger partial charge on any atom is 0.317 e. The lowest BCUT2D eigenvalue weighted by Gasteiger charge is -2.38. The van der Waals surface area contributed by atoms with E-state index in [0.29, 0.717) is 38.2 Å². The van der Waals surface area contributed by atoms with Gasteiger partial charge in [0.15, 0.2) is 0 Å². The average Bonchev–Trinajstić information content (AvgIpc) is 2.79. The fraction of sp³-hybridized carbons (Fsp3) is 0.577. The standard InChI is InChI=1S/C26H38FN5O/c1-7-18(3)23-28-22(8-2)20(17-19-11-9-10-12-21(19)27)24(29-23)31-13-15-32(16-14-31)25(33)30-26(4,5)6/h9-12,18H,7-8,13-17H2,1-6H3,(H,30,33). The first-order valence-corrected chi connectivity index (χ1v) is 12.1. The zero-order valence-electron chi connectivity index (χ0n) is 20.9. The van der Waals surface area contributed by atoms with Crippen molar-refractivity contribution in [2.75, 3.05) is 31.1 Å². The van der Waals surface area contributed by atoms with E-state index >= 15 is 0 Å². The van der Waals surface area contributed by atoms with Crippen LogP contribution in [0.5, 0.6) is 0 Å². The Hall–Kier alpha value is -2.70. The molecule has 0 radical (unpaired) electrons. The molecule has 180 valence electrons. The molecule has 1 fully saturated rings. The smallest absolute Gasteiger partial charge is 0.317 e. The number of carbonyl (C=O) groups excluding carboxylic acids is 1. The molecule has 33 heavy (non-hydrogen) atoms. The van der Waals surface area contributed by atoms with E-state index in [1.54, 1.807) is 6.07 Å². The van der Waals surface area contributed by atoms with Gasteiger partial charge < -0.3 is 15.1 Å². The lowest BCUT2D eigenvalue weighted by Crippen LogP contribution is -2.55. The summed E-state index contributed by atoms with van der Waals surface area (Å²) in [6.07, 6.45) is 2.17. The second-order valence-corrected chi connectivity index (χ2v) is 9.92. The van der Waals surface area contributed by atoms with E-state index < -0.39 is 0 Å². The van der Waals surface area contributed by atoms with Crippen molar-refractivity contribution in [1.82, 2.24) is 20.2 Å². The van der Waals surface area contributed by atoms with E-state index in [2.05, 4.69) is 31.0 Å². The Morgan fingerprint density at radius 2 is 1.79 bits per heavy atom. The van der Waals surface area contributed by atoms with Gasteiger partial charge in [-0.3, -0.25) is 0 Å². The molecule has 1 saturated heterocycles. The molecule has 2 heterocycles. The minimum absolute atomic E-state index is 0.0361. The number of aromatic nitrogens is 2. The molecule has 6 nitrogen and oxygen atoms in total. The lowest BCUT2D eigenvalue weighted by atomic mass is 10.00. The molecule has 0 aliphatic carbocycles. The van der Waals surface area contributed by atoms with E-state index in [1.807, 2.05) is 37.8 Å². The van der Waals surface area contributed by atoms with E-state index in [9.17, 15) is 9.18 Å². The van der Waals surface area contributed by atoms with Crippen LogP contribution in [-0.2, 0) is 12.8 Å². The quantitative estimate of drug-likeness (QED) is 0.672. The number of halogens is 1. The Morgan fingerprint density at radius 3 is 2.36 bits per heavy atom. The van der Waals surface area contributed by atoms with Crippen molar-refractivity contribution in [3.8, 4) is 0 Å². The molecule has 1 atom stereocenters. The fourth-order valence-corrected chi connectivity index (χ4v) is 4.03. The molecule has 3 rings (SSSR count). The van der Waals surface area contributed by atoms with E-state index in [1.165, 1.54) is 6.07 Å². The molecule has 1 aliphatic rings. The zero-order chi connectivity index (χ0) is 24.2. The Bertz CT molecular complexity index is 964. The van der Waals surface area contributed by atoms with Gasteiger partial charge in [-0.1, -0.05) is 39.0 Å². The summed E-state index contributed by atoms with van der Waals surface area (Å²) in [6, 6.07) is 6.87. The molecule has 1 aromatic heterocycles. The number of amides is 2. The largest absolute Gasteiger partial charge is 0.353 e. The van der Waals surface area contributed by atoms with Gasteiger partial charge in [0.05, 0.1) is 0 Å². The third kappa shape index (κ3) is 6.21. The van der Waals surface area contributed by atoms with Crippen LogP contribution in [0.2, 0.25) is 0 Å². The summed E-state index contributed by atoms with van der Waals surface area (Å²) < 4.78 is 14.5. The van der Waals surface area contributed by atoms with Gasteiger partial charge in [0, 0.05) is 55.3 Å². The number of hydrogen-bond donors (Lipinski definition) is 1. The monoisotopic (exact) mass is 455 g/mol. The number of nitrogens with one attached hydrogen (secondary N) is 1. The molecule has 0 bridgehead atoms. The number of piperazine rings is 1. The number of hydrogen-bond acceptors (Lipinski definition) is 4. The van der Waals surface area contributed by atoms with Gasteiger partial charge in [0.2, 0.25) is 0 Å². The van der Waals surface area contributed by atoms with Gasteiger partial charge in [-0.15, -0.1) is 0 Å². The van der Waals surface area contributed by atoms with E-state index in [4.69, 9.17) is 9.97 Å². The second kappa shape index (κ2) is 10.5. The van der Waals surface area contributed by atoms with Crippen LogP contribution in [0.15, 0.2) is 24.3 Å². The number of rotatable bonds is 6. The van der Waals surface area contributed by atoms with Crippen LogP contribution in [0.1, 0.15) is 76.5 Å². The minimum atomic E-state index is -0.269. The normalized spacial score (nSPS) is 15.5. The van der Waals surface area contributed by atoms with Gasteiger partial charge in [0.25, 0.3) is 0 Å². The average molecular weight is 456 g/mol. The third-order valence-electron chi connectivity index (χ3n) is 6.15. The first-order chi connectivity index (χ1) is 15.6. The van der Waals surface area contributed by atoms with Crippen LogP contribution in [0.4, 0.5) is 15.0 Å². The molecule has 1 aliphatic heterocycles. The summed E-state index contributed by atoms with van der Waals surface area (Å²) in [6.45, 7) is 14.9. The number of nitrogens with zero attached hydrogens (tertiary/aromatic N) is 4. The molecule has 1 aromatic carbocycles. The van der Waals surface area contributed by atoms with Crippen LogP contribution in [0.3, 0.4) is 0 Å². The summed E-state index contributed by atoms with van der Waals surface area (Å²) in [7, 11) is 0. The summed E-state index contributed by atoms with van der Waals surface area (Å²) in [5, 5.41) is 3.04. The maximum atomic E-state index is 14.5. The minimum Gasteiger partial charge on any atom is -0.353 e. The number of aryl methyl sites for hydroxylation is 1. The summed E-state index contributed by atoms with van der Waals surface area (Å²) in [5.41, 5.74) is 2.35. The van der Waals surface area contributed by atoms with Crippen molar-refractivity contribution in [2.24, 2.45) is 0 Å². The van der Waals surface area contributed by atoms with Crippen LogP contribution < -0.4 is 10.2 Å². The number of anilines is 1. The van der Waals surface area contributed by atoms with Crippen LogP contribution in [-0.4, -0.2) is 52.6 Å². The third-order valence-corrected chi connectivity index (χ3v) is 6.15. The van der Waals surface area contributed by atoms with Crippen molar-refractivity contribution < 1.29 is 9.18 Å². The van der Waals surface area contributed by atoms with Crippen molar-refractivity contribution >= 4 is 11.8 Å². The summed E-state index contributed by atoms with van der Waals surface area (Å²) in [4.78, 5) is 26.6. The molecule has 0 saturated carbocycles. The van der Waals surface area contributed by atoms with Crippen molar-refractivity contribution in [2.45, 2.75) is 72.3 Å². The molecule has 2 amide bonds. The summed E-state index contributed by atoms with van der Waals surface area (Å²) >= 11 is 0. The first-order valence-electron chi connectivity index (χ1n) is 12.1. The van der Waals surface area contributed by atoms with Crippen molar-refractivity contribution in [1.29, 1.82) is 0 Å². The van der Waals surface area contributed by atoms with Gasteiger partial charge in [-0.05, 0) is 45.2 Å². The predicted octanol–water partition coefficient (Wildman–Crippen LogP) is 4.91. The Morgan fingerprint density at radius 1 is 1.12 bits per heavy atom. The molecule has 1 unspecified atom stereocenters. The molecule has 7 heteroatoms. The van der Waals surface area contributed by atoms with Gasteiger partial charge in [-0.2, -0.15) is 0 Å². The fourth-order valence-electron chi connectivity index (χ4n) is 4.03. The molecular weight excluding hydrogens is 417 g/mol. The molecule has 1 N–H and O–H groups in total. The SMILES string of the molecule is CCc1nc(C(C)CC)nc(N2CCN(C(=O)NC(C)(C)C)CC2)c1Cc1ccccc1F. The summed E-state index contributed by atoms with van der Waals surface area (Å²) in [5.74, 6) is 1.77.